The first kappa shape index (κ1) is 39.4. The Kier molecular flexibility index (Phi) is 28.7. The van der Waals surface area contributed by atoms with Gasteiger partial charge in [0.1, 0.15) is 12.1 Å². The molecule has 0 saturated carbocycles. The Morgan fingerprint density at radius 1 is 0.537 bits per heavy atom. The van der Waals surface area contributed by atoms with Crippen LogP contribution in [-0.2, 0) is 19.1 Å². The van der Waals surface area contributed by atoms with Crippen LogP contribution in [0.5, 0.6) is 0 Å². The Labute approximate surface area is 253 Å². The van der Waals surface area contributed by atoms with Crippen molar-refractivity contribution in [1.82, 2.24) is 5.32 Å². The molecule has 0 aromatic rings. The third kappa shape index (κ3) is 27.0. The molecule has 0 aromatic heterocycles. The predicted molar refractivity (Wildman–Crippen MR) is 171 cm³/mol. The maximum Gasteiger partial charge on any atom is 0.328 e. The van der Waals surface area contributed by atoms with Crippen molar-refractivity contribution in [3.63, 3.8) is 0 Å². The van der Waals surface area contributed by atoms with Crippen molar-refractivity contribution < 1.29 is 24.2 Å². The van der Waals surface area contributed by atoms with Crippen molar-refractivity contribution >= 4 is 17.8 Å². The lowest BCUT2D eigenvalue weighted by Crippen LogP contribution is -2.43. The van der Waals surface area contributed by atoms with Gasteiger partial charge in [0.05, 0.1) is 0 Å². The fourth-order valence-corrected chi connectivity index (χ4v) is 5.37. The second kappa shape index (κ2) is 29.9. The number of nitrogens with one attached hydrogen (secondary N) is 1. The van der Waals surface area contributed by atoms with Crippen LogP contribution in [0.4, 0.5) is 0 Å². The van der Waals surface area contributed by atoms with Crippen LogP contribution in [0.2, 0.25) is 0 Å². The van der Waals surface area contributed by atoms with E-state index in [-0.39, 0.29) is 24.9 Å². The van der Waals surface area contributed by atoms with Crippen LogP contribution in [0.3, 0.4) is 0 Å². The first-order valence-electron chi connectivity index (χ1n) is 17.7. The molecule has 0 aromatic carbocycles. The molecule has 0 fully saturated rings. The number of ether oxygens (including phenoxy) is 1. The largest absolute Gasteiger partial charge is 0.481 e. The molecule has 1 amide bonds. The number of aliphatic carboxylic acids is 1. The number of hydrogen-bond donors (Lipinski definition) is 2. The van der Waals surface area contributed by atoms with E-state index in [9.17, 15) is 19.5 Å². The number of hydrogen-bond acceptors (Lipinski definition) is 4. The lowest BCUT2D eigenvalue weighted by molar-refractivity contribution is -0.154. The van der Waals surface area contributed by atoms with E-state index in [0.717, 1.165) is 57.8 Å². The van der Waals surface area contributed by atoms with E-state index in [1.165, 1.54) is 96.3 Å². The third-order valence-electron chi connectivity index (χ3n) is 8.07. The molecular weight excluding hydrogens is 514 g/mol. The van der Waals surface area contributed by atoms with Crippen LogP contribution >= 0.6 is 0 Å². The molecule has 0 aliphatic heterocycles. The summed E-state index contributed by atoms with van der Waals surface area (Å²) in [5, 5.41) is 12.0. The number of carboxylic acids is 1. The molecule has 2 atom stereocenters. The van der Waals surface area contributed by atoms with E-state index < -0.39 is 18.0 Å². The summed E-state index contributed by atoms with van der Waals surface area (Å²) < 4.78 is 5.97. The average molecular weight is 582 g/mol. The second-order valence-electron chi connectivity index (χ2n) is 12.2. The molecule has 2 N–H and O–H groups in total. The lowest BCUT2D eigenvalue weighted by Gasteiger charge is -2.23. The molecule has 0 radical (unpaired) electrons. The van der Waals surface area contributed by atoms with Gasteiger partial charge >= 0.3 is 11.9 Å². The zero-order valence-corrected chi connectivity index (χ0v) is 27.3. The normalized spacial score (nSPS) is 12.7. The third-order valence-corrected chi connectivity index (χ3v) is 8.07. The van der Waals surface area contributed by atoms with Gasteiger partial charge in [-0.05, 0) is 38.5 Å². The molecule has 0 aliphatic carbocycles. The number of unbranched alkanes of at least 4 members (excludes halogenated alkanes) is 19. The second-order valence-corrected chi connectivity index (χ2v) is 12.2. The highest BCUT2D eigenvalue weighted by atomic mass is 16.5. The molecule has 6 heteroatoms. The summed E-state index contributed by atoms with van der Waals surface area (Å²) in [6.07, 6.45) is 27.9. The van der Waals surface area contributed by atoms with Gasteiger partial charge < -0.3 is 15.2 Å². The van der Waals surface area contributed by atoms with Crippen molar-refractivity contribution in [2.45, 2.75) is 206 Å². The van der Waals surface area contributed by atoms with Gasteiger partial charge in [-0.15, -0.1) is 0 Å². The van der Waals surface area contributed by atoms with E-state index in [4.69, 9.17) is 4.74 Å². The van der Waals surface area contributed by atoms with E-state index >= 15 is 0 Å². The van der Waals surface area contributed by atoms with Crippen LogP contribution < -0.4 is 5.32 Å². The highest BCUT2D eigenvalue weighted by Gasteiger charge is 2.26. The summed E-state index contributed by atoms with van der Waals surface area (Å²) in [4.78, 5) is 37.1. The predicted octanol–water partition coefficient (Wildman–Crippen LogP) is 10.1. The Bertz CT molecular complexity index is 624. The first-order valence-corrected chi connectivity index (χ1v) is 17.7. The molecule has 242 valence electrons. The van der Waals surface area contributed by atoms with Crippen molar-refractivity contribution in [3.8, 4) is 0 Å². The number of esters is 1. The minimum atomic E-state index is -0.970. The monoisotopic (exact) mass is 582 g/mol. The number of carboxylic acid groups (broad SMARTS) is 1. The fourth-order valence-electron chi connectivity index (χ4n) is 5.37. The van der Waals surface area contributed by atoms with Crippen LogP contribution in [0.15, 0.2) is 0 Å². The zero-order chi connectivity index (χ0) is 30.4. The van der Waals surface area contributed by atoms with Gasteiger partial charge in [0.25, 0.3) is 0 Å². The van der Waals surface area contributed by atoms with E-state index in [0.29, 0.717) is 6.42 Å². The summed E-state index contributed by atoms with van der Waals surface area (Å²) >= 11 is 0. The van der Waals surface area contributed by atoms with Gasteiger partial charge in [-0.1, -0.05) is 143 Å². The summed E-state index contributed by atoms with van der Waals surface area (Å²) in [5.41, 5.74) is 0. The molecular formula is C35H67NO5. The maximum absolute atomic E-state index is 13.2. The topological polar surface area (TPSA) is 92.7 Å². The van der Waals surface area contributed by atoms with Gasteiger partial charge in [-0.2, -0.15) is 0 Å². The van der Waals surface area contributed by atoms with Crippen molar-refractivity contribution in [1.29, 1.82) is 0 Å². The SMILES string of the molecule is CCCCCCCCCCCC(=O)N[C@@H](CCC(=O)O)C(=O)OC(CCCCCCCC)CCCCCCCCC. The summed E-state index contributed by atoms with van der Waals surface area (Å²) in [6.45, 7) is 6.67. The van der Waals surface area contributed by atoms with Crippen molar-refractivity contribution in [3.05, 3.63) is 0 Å². The maximum atomic E-state index is 13.2. The van der Waals surface area contributed by atoms with Crippen LogP contribution in [-0.4, -0.2) is 35.1 Å². The van der Waals surface area contributed by atoms with Gasteiger partial charge in [0.15, 0.2) is 0 Å². The van der Waals surface area contributed by atoms with Gasteiger partial charge in [0, 0.05) is 12.8 Å². The Morgan fingerprint density at radius 3 is 1.34 bits per heavy atom. The quantitative estimate of drug-likeness (QED) is 0.0627. The highest BCUT2D eigenvalue weighted by Crippen LogP contribution is 2.18. The van der Waals surface area contributed by atoms with Crippen LogP contribution in [0.1, 0.15) is 194 Å². The molecule has 0 spiro atoms. The van der Waals surface area contributed by atoms with E-state index in [1.807, 2.05) is 0 Å². The van der Waals surface area contributed by atoms with E-state index in [2.05, 4.69) is 26.1 Å². The van der Waals surface area contributed by atoms with Crippen molar-refractivity contribution in [2.75, 3.05) is 0 Å². The average Bonchev–Trinajstić information content (AvgIpc) is 2.95. The van der Waals surface area contributed by atoms with Crippen LogP contribution in [0.25, 0.3) is 0 Å². The molecule has 0 heterocycles. The number of amides is 1. The number of carbonyl (C=O) groups excluding carboxylic acids is 2. The molecule has 0 rings (SSSR count). The van der Waals surface area contributed by atoms with E-state index in [1.54, 1.807) is 0 Å². The number of rotatable bonds is 31. The molecule has 0 aliphatic rings. The molecule has 6 nitrogen and oxygen atoms in total. The Morgan fingerprint density at radius 2 is 0.927 bits per heavy atom. The highest BCUT2D eigenvalue weighted by molar-refractivity contribution is 5.85. The summed E-state index contributed by atoms with van der Waals surface area (Å²) in [7, 11) is 0. The minimum Gasteiger partial charge on any atom is -0.481 e. The van der Waals surface area contributed by atoms with Gasteiger partial charge in [0.2, 0.25) is 5.91 Å². The smallest absolute Gasteiger partial charge is 0.328 e. The summed E-state index contributed by atoms with van der Waals surface area (Å²) in [6, 6.07) is -0.890. The molecule has 0 saturated heterocycles. The molecule has 1 unspecified atom stereocenters. The zero-order valence-electron chi connectivity index (χ0n) is 27.3. The van der Waals surface area contributed by atoms with Gasteiger partial charge in [-0.3, -0.25) is 9.59 Å². The lowest BCUT2D eigenvalue weighted by atomic mass is 10.0. The Hall–Kier alpha value is -1.59. The fraction of sp³-hybridized carbons (Fsp3) is 0.914. The molecule has 41 heavy (non-hydrogen) atoms. The van der Waals surface area contributed by atoms with Crippen LogP contribution in [0, 0.1) is 0 Å². The van der Waals surface area contributed by atoms with Crippen molar-refractivity contribution in [2.24, 2.45) is 0 Å². The standard InChI is InChI=1S/C35H67NO5/c1-4-7-10-13-16-17-19-22-25-28-33(37)36-32(29-30-34(38)39)35(40)41-31(26-23-20-15-12-9-6-3)27-24-21-18-14-11-8-5-2/h31-32H,4-30H2,1-3H3,(H,36,37)(H,38,39)/t31?,32-/m0/s1. The van der Waals surface area contributed by atoms with Gasteiger partial charge in [-0.25, -0.2) is 4.79 Å². The Balaban J connectivity index is 4.73. The number of carbonyl (C=O) groups is 3. The first-order chi connectivity index (χ1) is 19.9. The summed E-state index contributed by atoms with van der Waals surface area (Å²) in [5.74, 6) is -1.62. The minimum absolute atomic E-state index is 0.0683. The molecule has 0 bridgehead atoms.